The third-order valence-corrected chi connectivity index (χ3v) is 5.61. The molecule has 0 aliphatic carbocycles. The normalized spacial score (nSPS) is 18.4. The zero-order chi connectivity index (χ0) is 20.8. The highest BCUT2D eigenvalue weighted by Crippen LogP contribution is 2.18. The van der Waals surface area contributed by atoms with Gasteiger partial charge in [-0.1, -0.05) is 24.3 Å². The largest absolute Gasteiger partial charge is 0.390 e. The minimum atomic E-state index is -0.650. The number of hydrogen-bond donors (Lipinski definition) is 3. The third kappa shape index (κ3) is 5.53. The molecule has 2 aliphatic rings. The molecule has 0 saturated carbocycles. The van der Waals surface area contributed by atoms with Crippen molar-refractivity contribution in [3.05, 3.63) is 53.5 Å². The van der Waals surface area contributed by atoms with Gasteiger partial charge in [0.05, 0.1) is 6.10 Å². The summed E-state index contributed by atoms with van der Waals surface area (Å²) in [5, 5.41) is 16.5. The van der Waals surface area contributed by atoms with Crippen molar-refractivity contribution >= 4 is 11.7 Å². The van der Waals surface area contributed by atoms with Crippen LogP contribution in [0.4, 0.5) is 5.82 Å². The van der Waals surface area contributed by atoms with E-state index < -0.39 is 6.10 Å². The number of rotatable bonds is 7. The van der Waals surface area contributed by atoms with Crippen LogP contribution in [0.25, 0.3) is 0 Å². The summed E-state index contributed by atoms with van der Waals surface area (Å²) < 4.78 is 5.36. The van der Waals surface area contributed by atoms with Gasteiger partial charge in [0.25, 0.3) is 5.91 Å². The summed E-state index contributed by atoms with van der Waals surface area (Å²) in [5.74, 6) is 0.356. The minimum absolute atomic E-state index is 0.103. The van der Waals surface area contributed by atoms with Crippen molar-refractivity contribution in [2.75, 3.05) is 38.2 Å². The summed E-state index contributed by atoms with van der Waals surface area (Å²) in [5.41, 5.74) is 2.69. The van der Waals surface area contributed by atoms with Gasteiger partial charge in [-0.05, 0) is 36.5 Å². The molecule has 8 nitrogen and oxygen atoms in total. The molecule has 30 heavy (non-hydrogen) atoms. The summed E-state index contributed by atoms with van der Waals surface area (Å²) in [6.45, 7) is 3.88. The van der Waals surface area contributed by atoms with E-state index >= 15 is 0 Å². The Bertz CT molecular complexity index is 856. The topological polar surface area (TPSA) is 99.6 Å². The monoisotopic (exact) mass is 411 g/mol. The van der Waals surface area contributed by atoms with Crippen molar-refractivity contribution in [1.29, 1.82) is 0 Å². The Morgan fingerprint density at radius 2 is 2.03 bits per heavy atom. The molecule has 1 unspecified atom stereocenters. The van der Waals surface area contributed by atoms with Crippen LogP contribution in [-0.2, 0) is 17.7 Å². The van der Waals surface area contributed by atoms with Crippen LogP contribution in [0.3, 0.4) is 0 Å². The van der Waals surface area contributed by atoms with E-state index in [-0.39, 0.29) is 18.3 Å². The van der Waals surface area contributed by atoms with Gasteiger partial charge >= 0.3 is 0 Å². The van der Waals surface area contributed by atoms with Crippen LogP contribution in [0.5, 0.6) is 0 Å². The number of benzene rings is 1. The van der Waals surface area contributed by atoms with Crippen molar-refractivity contribution in [3.8, 4) is 0 Å². The smallest absolute Gasteiger partial charge is 0.289 e. The summed E-state index contributed by atoms with van der Waals surface area (Å²) in [4.78, 5) is 23.0. The van der Waals surface area contributed by atoms with Gasteiger partial charge in [-0.15, -0.1) is 0 Å². The number of β-amino-alcohol motifs (C(OH)–C–C–N with tert-alkyl or cyclic N) is 1. The number of amides is 1. The van der Waals surface area contributed by atoms with Gasteiger partial charge in [0.1, 0.15) is 5.82 Å². The van der Waals surface area contributed by atoms with Crippen molar-refractivity contribution in [1.82, 2.24) is 20.2 Å². The lowest BCUT2D eigenvalue weighted by atomic mass is 10.00. The molecule has 160 valence electrons. The van der Waals surface area contributed by atoms with Crippen LogP contribution >= 0.6 is 0 Å². The highest BCUT2D eigenvalue weighted by molar-refractivity contribution is 5.90. The van der Waals surface area contributed by atoms with E-state index in [0.717, 1.165) is 45.6 Å². The fraction of sp³-hybridized carbons (Fsp3) is 0.500. The quantitative estimate of drug-likeness (QED) is 0.630. The molecule has 1 atom stereocenters. The van der Waals surface area contributed by atoms with E-state index in [1.54, 1.807) is 12.3 Å². The van der Waals surface area contributed by atoms with E-state index in [9.17, 15) is 9.90 Å². The number of fused-ring (bicyclic) bond motifs is 1. The van der Waals surface area contributed by atoms with E-state index in [4.69, 9.17) is 4.74 Å². The number of anilines is 1. The number of nitrogens with one attached hydrogen (secondary N) is 2. The molecular formula is C22H29N5O3. The molecule has 8 heteroatoms. The Labute approximate surface area is 176 Å². The number of aromatic nitrogens is 2. The number of carbonyl (C=O) groups excluding carboxylic acids is 1. The minimum Gasteiger partial charge on any atom is -0.390 e. The van der Waals surface area contributed by atoms with Gasteiger partial charge < -0.3 is 20.5 Å². The van der Waals surface area contributed by atoms with E-state index in [1.165, 1.54) is 11.1 Å². The van der Waals surface area contributed by atoms with Crippen LogP contribution in [0.2, 0.25) is 0 Å². The van der Waals surface area contributed by atoms with Crippen LogP contribution in [0.15, 0.2) is 36.5 Å². The molecule has 3 N–H and O–H groups in total. The number of carbonyl (C=O) groups is 1. The average molecular weight is 412 g/mol. The molecule has 2 aliphatic heterocycles. The van der Waals surface area contributed by atoms with Crippen LogP contribution in [0, 0.1) is 0 Å². The highest BCUT2D eigenvalue weighted by Gasteiger charge is 2.20. The fourth-order valence-corrected chi connectivity index (χ4v) is 3.96. The fourth-order valence-electron chi connectivity index (χ4n) is 3.96. The van der Waals surface area contributed by atoms with Crippen LogP contribution in [0.1, 0.15) is 34.6 Å². The first-order chi connectivity index (χ1) is 14.7. The number of aliphatic hydroxyl groups excluding tert-OH is 1. The first kappa shape index (κ1) is 20.7. The second kappa shape index (κ2) is 9.97. The van der Waals surface area contributed by atoms with E-state index in [2.05, 4.69) is 43.7 Å². The second-order valence-corrected chi connectivity index (χ2v) is 7.91. The number of aliphatic hydroxyl groups is 1. The molecule has 1 aromatic carbocycles. The van der Waals surface area contributed by atoms with Crippen molar-refractivity contribution in [2.24, 2.45) is 0 Å². The second-order valence-electron chi connectivity index (χ2n) is 7.91. The molecule has 1 saturated heterocycles. The van der Waals surface area contributed by atoms with Gasteiger partial charge in [-0.2, -0.15) is 0 Å². The average Bonchev–Trinajstić information content (AvgIpc) is 2.78. The van der Waals surface area contributed by atoms with Gasteiger partial charge in [-0.3, -0.25) is 9.69 Å². The molecule has 3 heterocycles. The highest BCUT2D eigenvalue weighted by atomic mass is 16.5. The van der Waals surface area contributed by atoms with E-state index in [0.29, 0.717) is 18.4 Å². The predicted octanol–water partition coefficient (Wildman–Crippen LogP) is 1.22. The van der Waals surface area contributed by atoms with Crippen LogP contribution < -0.4 is 10.6 Å². The Kier molecular flexibility index (Phi) is 6.88. The summed E-state index contributed by atoms with van der Waals surface area (Å²) >= 11 is 0. The number of hydrogen-bond acceptors (Lipinski definition) is 7. The lowest BCUT2D eigenvalue weighted by Gasteiger charge is -2.30. The molecule has 1 amide bonds. The molecule has 1 fully saturated rings. The molecule has 0 spiro atoms. The molecular weight excluding hydrogens is 382 g/mol. The standard InChI is InChI=1S/C22H29N5O3/c28-19(15-27-10-6-16-3-1-2-4-17(16)14-27)13-24-22(29)21-23-9-5-20(26-21)25-18-7-11-30-12-8-18/h1-5,9,18-19,28H,6-8,10-15H2,(H,24,29)(H,23,25,26). The Morgan fingerprint density at radius 3 is 2.87 bits per heavy atom. The van der Waals surface area contributed by atoms with E-state index in [1.807, 2.05) is 6.07 Å². The summed E-state index contributed by atoms with van der Waals surface area (Å²) in [7, 11) is 0. The maximum atomic E-state index is 12.4. The SMILES string of the molecule is O=C(NCC(O)CN1CCc2ccccc2C1)c1nccc(NC2CCOCC2)n1. The molecule has 0 bridgehead atoms. The number of nitrogens with zero attached hydrogens (tertiary/aromatic N) is 3. The molecule has 2 aromatic rings. The third-order valence-electron chi connectivity index (χ3n) is 5.61. The van der Waals surface area contributed by atoms with Gasteiger partial charge in [0, 0.05) is 51.6 Å². The van der Waals surface area contributed by atoms with Crippen molar-refractivity contribution in [2.45, 2.75) is 38.0 Å². The molecule has 0 radical (unpaired) electrons. The lowest BCUT2D eigenvalue weighted by molar-refractivity contribution is 0.0833. The van der Waals surface area contributed by atoms with Gasteiger partial charge in [0.15, 0.2) is 0 Å². The first-order valence-corrected chi connectivity index (χ1v) is 10.6. The van der Waals surface area contributed by atoms with Crippen molar-refractivity contribution in [3.63, 3.8) is 0 Å². The Balaban J connectivity index is 1.24. The zero-order valence-electron chi connectivity index (χ0n) is 17.1. The Hall–Kier alpha value is -2.55. The number of ether oxygens (including phenoxy) is 1. The zero-order valence-corrected chi connectivity index (χ0v) is 17.1. The maximum Gasteiger partial charge on any atom is 0.289 e. The Morgan fingerprint density at radius 1 is 1.23 bits per heavy atom. The lowest BCUT2D eigenvalue weighted by Crippen LogP contribution is -2.42. The molecule has 1 aromatic heterocycles. The maximum absolute atomic E-state index is 12.4. The predicted molar refractivity (Wildman–Crippen MR) is 113 cm³/mol. The first-order valence-electron chi connectivity index (χ1n) is 10.6. The summed E-state index contributed by atoms with van der Waals surface area (Å²) in [6.07, 6.45) is 3.74. The van der Waals surface area contributed by atoms with Crippen LogP contribution in [-0.4, -0.2) is 70.9 Å². The van der Waals surface area contributed by atoms with Gasteiger partial charge in [0.2, 0.25) is 5.82 Å². The van der Waals surface area contributed by atoms with Crippen molar-refractivity contribution < 1.29 is 14.6 Å². The summed E-state index contributed by atoms with van der Waals surface area (Å²) in [6, 6.07) is 10.5. The van der Waals surface area contributed by atoms with Gasteiger partial charge in [-0.25, -0.2) is 9.97 Å². The molecule has 4 rings (SSSR count).